The number of rotatable bonds is 3. The number of piperidine rings is 1. The van der Waals surface area contributed by atoms with Crippen LogP contribution in [0.5, 0.6) is 0 Å². The van der Waals surface area contributed by atoms with E-state index in [1.807, 2.05) is 0 Å². The molecule has 1 N–H and O–H groups in total. The van der Waals surface area contributed by atoms with Crippen molar-refractivity contribution in [3.05, 3.63) is 0 Å². The standard InChI is InChI=1S/C15H28N2O/c1-12-6-5-9-17(10-12)11-15(18)16-14-8-4-3-7-13(14)2/h12-14H,3-11H2,1-2H3,(H,16,18). The normalized spacial score (nSPS) is 34.2. The Bertz CT molecular complexity index is 280. The van der Waals surface area contributed by atoms with Crippen LogP contribution in [-0.2, 0) is 4.79 Å². The van der Waals surface area contributed by atoms with Gasteiger partial charge in [0, 0.05) is 12.6 Å². The second-order valence-electron chi connectivity index (χ2n) is 6.42. The van der Waals surface area contributed by atoms with Gasteiger partial charge in [0.05, 0.1) is 6.54 Å². The zero-order valence-electron chi connectivity index (χ0n) is 12.0. The third-order valence-electron chi connectivity index (χ3n) is 4.57. The summed E-state index contributed by atoms with van der Waals surface area (Å²) in [5.74, 6) is 1.64. The molecule has 3 heteroatoms. The van der Waals surface area contributed by atoms with Gasteiger partial charge in [-0.15, -0.1) is 0 Å². The number of nitrogens with zero attached hydrogens (tertiary/aromatic N) is 1. The highest BCUT2D eigenvalue weighted by atomic mass is 16.2. The Labute approximate surface area is 111 Å². The molecule has 0 spiro atoms. The van der Waals surface area contributed by atoms with Crippen LogP contribution in [-0.4, -0.2) is 36.5 Å². The van der Waals surface area contributed by atoms with Gasteiger partial charge in [-0.3, -0.25) is 9.69 Å². The van der Waals surface area contributed by atoms with Gasteiger partial charge in [0.15, 0.2) is 0 Å². The monoisotopic (exact) mass is 252 g/mol. The van der Waals surface area contributed by atoms with E-state index < -0.39 is 0 Å². The summed E-state index contributed by atoms with van der Waals surface area (Å²) in [6.45, 7) is 7.35. The smallest absolute Gasteiger partial charge is 0.234 e. The summed E-state index contributed by atoms with van der Waals surface area (Å²) in [4.78, 5) is 14.4. The second kappa shape index (κ2) is 6.55. The Morgan fingerprint density at radius 2 is 1.94 bits per heavy atom. The molecule has 0 aromatic heterocycles. The molecule has 0 aromatic rings. The third kappa shape index (κ3) is 3.98. The molecule has 1 aliphatic heterocycles. The zero-order chi connectivity index (χ0) is 13.0. The van der Waals surface area contributed by atoms with Crippen LogP contribution < -0.4 is 5.32 Å². The minimum Gasteiger partial charge on any atom is -0.352 e. The second-order valence-corrected chi connectivity index (χ2v) is 6.42. The van der Waals surface area contributed by atoms with E-state index in [0.717, 1.165) is 19.0 Å². The molecule has 1 amide bonds. The molecule has 3 nitrogen and oxygen atoms in total. The van der Waals surface area contributed by atoms with Gasteiger partial charge in [-0.1, -0.05) is 26.7 Å². The maximum Gasteiger partial charge on any atom is 0.234 e. The van der Waals surface area contributed by atoms with Gasteiger partial charge in [-0.05, 0) is 44.1 Å². The minimum absolute atomic E-state index is 0.239. The number of hydrogen-bond acceptors (Lipinski definition) is 2. The fourth-order valence-corrected chi connectivity index (χ4v) is 3.42. The fraction of sp³-hybridized carbons (Fsp3) is 0.933. The van der Waals surface area contributed by atoms with Crippen LogP contribution in [0.15, 0.2) is 0 Å². The number of amides is 1. The molecule has 0 bridgehead atoms. The number of hydrogen-bond donors (Lipinski definition) is 1. The third-order valence-corrected chi connectivity index (χ3v) is 4.57. The van der Waals surface area contributed by atoms with E-state index >= 15 is 0 Å². The molecule has 104 valence electrons. The summed E-state index contributed by atoms with van der Waals surface area (Å²) in [6, 6.07) is 0.425. The first-order valence-electron chi connectivity index (χ1n) is 7.67. The van der Waals surface area contributed by atoms with Gasteiger partial charge in [0.1, 0.15) is 0 Å². The van der Waals surface area contributed by atoms with Crippen LogP contribution in [0.3, 0.4) is 0 Å². The van der Waals surface area contributed by atoms with Crippen LogP contribution in [0.25, 0.3) is 0 Å². The molecule has 0 radical (unpaired) electrons. The van der Waals surface area contributed by atoms with Crippen molar-refractivity contribution in [2.24, 2.45) is 11.8 Å². The number of carbonyl (C=O) groups excluding carboxylic acids is 1. The molecule has 2 rings (SSSR count). The average Bonchev–Trinajstić information content (AvgIpc) is 2.32. The lowest BCUT2D eigenvalue weighted by atomic mass is 9.86. The average molecular weight is 252 g/mol. The quantitative estimate of drug-likeness (QED) is 0.836. The largest absolute Gasteiger partial charge is 0.352 e. The Balaban J connectivity index is 1.74. The highest BCUT2D eigenvalue weighted by molar-refractivity contribution is 5.78. The molecule has 0 aromatic carbocycles. The van der Waals surface area contributed by atoms with E-state index in [2.05, 4.69) is 24.1 Å². The highest BCUT2D eigenvalue weighted by Gasteiger charge is 2.24. The number of likely N-dealkylation sites (tertiary alicyclic amines) is 1. The first-order chi connectivity index (χ1) is 8.65. The SMILES string of the molecule is CC1CCCN(CC(=O)NC2CCCCC2C)C1. The van der Waals surface area contributed by atoms with Crippen molar-refractivity contribution in [1.29, 1.82) is 0 Å². The molecule has 3 atom stereocenters. The first kappa shape index (κ1) is 13.9. The van der Waals surface area contributed by atoms with E-state index in [1.165, 1.54) is 38.5 Å². The van der Waals surface area contributed by atoms with Crippen molar-refractivity contribution >= 4 is 5.91 Å². The fourth-order valence-electron chi connectivity index (χ4n) is 3.42. The van der Waals surface area contributed by atoms with Crippen LogP contribution in [0.4, 0.5) is 0 Å². The molecular formula is C15H28N2O. The number of nitrogens with one attached hydrogen (secondary N) is 1. The lowest BCUT2D eigenvalue weighted by Gasteiger charge is -2.33. The maximum atomic E-state index is 12.1. The van der Waals surface area contributed by atoms with Gasteiger partial charge < -0.3 is 5.32 Å². The van der Waals surface area contributed by atoms with Gasteiger partial charge in [-0.25, -0.2) is 0 Å². The van der Waals surface area contributed by atoms with Gasteiger partial charge in [-0.2, -0.15) is 0 Å². The van der Waals surface area contributed by atoms with Crippen molar-refractivity contribution in [2.45, 2.75) is 58.4 Å². The molecule has 1 saturated carbocycles. The molecule has 2 fully saturated rings. The molecule has 1 saturated heterocycles. The zero-order valence-corrected chi connectivity index (χ0v) is 12.0. The van der Waals surface area contributed by atoms with Crippen molar-refractivity contribution < 1.29 is 4.79 Å². The van der Waals surface area contributed by atoms with Crippen molar-refractivity contribution in [1.82, 2.24) is 10.2 Å². The van der Waals surface area contributed by atoms with Crippen molar-refractivity contribution in [3.8, 4) is 0 Å². The molecule has 2 aliphatic rings. The Hall–Kier alpha value is -0.570. The van der Waals surface area contributed by atoms with E-state index in [0.29, 0.717) is 18.5 Å². The van der Waals surface area contributed by atoms with Crippen LogP contribution in [0.1, 0.15) is 52.4 Å². The summed E-state index contributed by atoms with van der Waals surface area (Å²) < 4.78 is 0. The summed E-state index contributed by atoms with van der Waals surface area (Å²) in [5.41, 5.74) is 0. The number of carbonyl (C=O) groups is 1. The molecular weight excluding hydrogens is 224 g/mol. The molecule has 18 heavy (non-hydrogen) atoms. The van der Waals surface area contributed by atoms with E-state index in [1.54, 1.807) is 0 Å². The van der Waals surface area contributed by atoms with Crippen LogP contribution in [0, 0.1) is 11.8 Å². The summed E-state index contributed by atoms with van der Waals surface area (Å²) in [6.07, 6.45) is 7.61. The Morgan fingerprint density at radius 3 is 2.67 bits per heavy atom. The van der Waals surface area contributed by atoms with Gasteiger partial charge in [0.2, 0.25) is 5.91 Å². The first-order valence-corrected chi connectivity index (χ1v) is 7.67. The lowest BCUT2D eigenvalue weighted by molar-refractivity contribution is -0.123. The Kier molecular flexibility index (Phi) is 5.04. The van der Waals surface area contributed by atoms with Crippen molar-refractivity contribution in [2.75, 3.05) is 19.6 Å². The van der Waals surface area contributed by atoms with E-state index in [4.69, 9.17) is 0 Å². The molecule has 3 unspecified atom stereocenters. The predicted octanol–water partition coefficient (Wildman–Crippen LogP) is 2.41. The molecule has 1 heterocycles. The topological polar surface area (TPSA) is 32.3 Å². The van der Waals surface area contributed by atoms with Crippen molar-refractivity contribution in [3.63, 3.8) is 0 Å². The van der Waals surface area contributed by atoms with Gasteiger partial charge >= 0.3 is 0 Å². The highest BCUT2D eigenvalue weighted by Crippen LogP contribution is 2.23. The van der Waals surface area contributed by atoms with Crippen LogP contribution >= 0.6 is 0 Å². The minimum atomic E-state index is 0.239. The summed E-state index contributed by atoms with van der Waals surface area (Å²) in [7, 11) is 0. The van der Waals surface area contributed by atoms with E-state index in [9.17, 15) is 4.79 Å². The summed E-state index contributed by atoms with van der Waals surface area (Å²) in [5, 5.41) is 3.25. The van der Waals surface area contributed by atoms with Gasteiger partial charge in [0.25, 0.3) is 0 Å². The maximum absolute atomic E-state index is 12.1. The molecule has 1 aliphatic carbocycles. The Morgan fingerprint density at radius 1 is 1.17 bits per heavy atom. The summed E-state index contributed by atoms with van der Waals surface area (Å²) >= 11 is 0. The lowest BCUT2D eigenvalue weighted by Crippen LogP contribution is -2.47. The van der Waals surface area contributed by atoms with Crippen LogP contribution in [0.2, 0.25) is 0 Å². The predicted molar refractivity (Wildman–Crippen MR) is 74.4 cm³/mol. The van der Waals surface area contributed by atoms with E-state index in [-0.39, 0.29) is 5.91 Å².